The zero-order valence-electron chi connectivity index (χ0n) is 27.3. The molecule has 0 bridgehead atoms. The van der Waals surface area contributed by atoms with Crippen molar-refractivity contribution in [2.45, 2.75) is 91.4 Å². The predicted molar refractivity (Wildman–Crippen MR) is 184 cm³/mol. The minimum absolute atomic E-state index is 0.160. The van der Waals surface area contributed by atoms with Crippen LogP contribution in [0.25, 0.3) is 0 Å². The molecular formula is C35H52BCl3N2O3. The Hall–Kier alpha value is -1.61. The van der Waals surface area contributed by atoms with Gasteiger partial charge in [0.25, 0.3) is 0 Å². The van der Waals surface area contributed by atoms with Gasteiger partial charge in [0.2, 0.25) is 0 Å². The van der Waals surface area contributed by atoms with Crippen LogP contribution >= 0.6 is 34.8 Å². The lowest BCUT2D eigenvalue weighted by Crippen LogP contribution is -2.49. The standard InChI is InChI=1S/C27H28BCl3O3.2C4H11N/c1-18-7-10-21(15-24(18)29)27(13-5-4-6-14-34-28(32)33,22-11-8-19(2)25(30)16-22)23-12-9-20(3)26(31)17-23;2*1-2-3-4-5/h7-12,15-17H,4-6,13-14H2,1-3H3;2*2-5H2,1H3/q-2;;/p+2. The van der Waals surface area contributed by atoms with Gasteiger partial charge >= 0.3 is 0 Å². The Bertz CT molecular complexity index is 1110. The monoisotopic (exact) mass is 664 g/mol. The molecule has 244 valence electrons. The van der Waals surface area contributed by atoms with Gasteiger partial charge in [-0.1, -0.05) is 111 Å². The smallest absolute Gasteiger partial charge is 0.0739 e. The van der Waals surface area contributed by atoms with Crippen molar-refractivity contribution in [1.82, 2.24) is 0 Å². The van der Waals surface area contributed by atoms with E-state index in [2.05, 4.69) is 48.2 Å². The Kier molecular flexibility index (Phi) is 20.2. The van der Waals surface area contributed by atoms with Gasteiger partial charge in [-0.25, -0.2) is 0 Å². The SMILES string of the molecule is CCCC[NH3+].CCCC[NH3+].Cc1ccc(C(CCCCCOB([O-])[O-])(c2ccc(C)c(Cl)c2)c2ccc(C)c(Cl)c2)cc1Cl. The molecule has 3 aromatic carbocycles. The van der Waals surface area contributed by atoms with E-state index >= 15 is 0 Å². The van der Waals surface area contributed by atoms with Gasteiger partial charge in [0, 0.05) is 27.1 Å². The molecule has 0 saturated carbocycles. The van der Waals surface area contributed by atoms with Gasteiger partial charge in [0.05, 0.1) is 20.4 Å². The van der Waals surface area contributed by atoms with Gasteiger partial charge in [-0.2, -0.15) is 0 Å². The summed E-state index contributed by atoms with van der Waals surface area (Å²) in [6.45, 7) is 12.6. The second-order valence-corrected chi connectivity index (χ2v) is 12.4. The normalized spacial score (nSPS) is 10.9. The fourth-order valence-corrected chi connectivity index (χ4v) is 5.40. The third-order valence-electron chi connectivity index (χ3n) is 7.65. The van der Waals surface area contributed by atoms with Crippen LogP contribution in [-0.2, 0) is 10.1 Å². The number of unbranched alkanes of at least 4 members (excludes halogenated alkanes) is 4. The van der Waals surface area contributed by atoms with Crippen LogP contribution in [0.4, 0.5) is 0 Å². The lowest BCUT2D eigenvalue weighted by molar-refractivity contribution is -0.381. The molecule has 9 heteroatoms. The zero-order valence-corrected chi connectivity index (χ0v) is 29.6. The predicted octanol–water partition coefficient (Wildman–Crippen LogP) is 6.25. The van der Waals surface area contributed by atoms with Crippen LogP contribution in [0, 0.1) is 20.8 Å². The molecule has 0 saturated heterocycles. The zero-order chi connectivity index (χ0) is 33.1. The molecular weight excluding hydrogens is 614 g/mol. The van der Waals surface area contributed by atoms with Crippen molar-refractivity contribution < 1.29 is 26.2 Å². The molecule has 0 fully saturated rings. The Labute approximate surface area is 281 Å². The second-order valence-electron chi connectivity index (χ2n) is 11.2. The van der Waals surface area contributed by atoms with Crippen LogP contribution in [0.2, 0.25) is 15.1 Å². The molecule has 0 aliphatic heterocycles. The lowest BCUT2D eigenvalue weighted by atomic mass is 9.66. The summed E-state index contributed by atoms with van der Waals surface area (Å²) in [4.78, 5) is 0. The highest BCUT2D eigenvalue weighted by Crippen LogP contribution is 2.46. The Morgan fingerprint density at radius 3 is 1.30 bits per heavy atom. The first-order valence-corrected chi connectivity index (χ1v) is 16.9. The van der Waals surface area contributed by atoms with Crippen LogP contribution in [0.3, 0.4) is 0 Å². The third kappa shape index (κ3) is 13.0. The quantitative estimate of drug-likeness (QED) is 0.121. The average molecular weight is 666 g/mol. The van der Waals surface area contributed by atoms with E-state index in [0.29, 0.717) is 21.5 Å². The first kappa shape index (κ1) is 40.4. The number of halogens is 3. The van der Waals surface area contributed by atoms with E-state index in [4.69, 9.17) is 34.8 Å². The molecule has 0 spiro atoms. The number of hydrogen-bond donors (Lipinski definition) is 2. The molecule has 0 aliphatic rings. The molecule has 0 aliphatic carbocycles. The molecule has 3 aromatic rings. The summed E-state index contributed by atoms with van der Waals surface area (Å²) < 4.78 is 4.65. The average Bonchev–Trinajstić information content (AvgIpc) is 2.99. The van der Waals surface area contributed by atoms with Crippen molar-refractivity contribution in [2.24, 2.45) is 0 Å². The van der Waals surface area contributed by atoms with Crippen molar-refractivity contribution in [1.29, 1.82) is 0 Å². The Morgan fingerprint density at radius 1 is 0.636 bits per heavy atom. The maximum absolute atomic E-state index is 10.6. The van der Waals surface area contributed by atoms with Gasteiger partial charge in [-0.05, 0) is 98.0 Å². The maximum atomic E-state index is 10.6. The first-order chi connectivity index (χ1) is 21.0. The number of rotatable bonds is 14. The summed E-state index contributed by atoms with van der Waals surface area (Å²) in [5, 5.41) is 23.4. The molecule has 0 aromatic heterocycles. The van der Waals surface area contributed by atoms with Crippen molar-refractivity contribution in [2.75, 3.05) is 19.7 Å². The highest BCUT2D eigenvalue weighted by Gasteiger charge is 2.37. The lowest BCUT2D eigenvalue weighted by Gasteiger charge is -2.37. The van der Waals surface area contributed by atoms with Gasteiger partial charge in [0.1, 0.15) is 0 Å². The molecule has 0 atom stereocenters. The fourth-order valence-electron chi connectivity index (χ4n) is 4.86. The van der Waals surface area contributed by atoms with Gasteiger partial charge in [0.15, 0.2) is 0 Å². The number of hydrogen-bond acceptors (Lipinski definition) is 3. The third-order valence-corrected chi connectivity index (χ3v) is 8.87. The van der Waals surface area contributed by atoms with E-state index in [0.717, 1.165) is 65.7 Å². The van der Waals surface area contributed by atoms with Crippen LogP contribution in [-0.4, -0.2) is 27.0 Å². The van der Waals surface area contributed by atoms with Crippen molar-refractivity contribution in [3.8, 4) is 0 Å². The molecule has 44 heavy (non-hydrogen) atoms. The summed E-state index contributed by atoms with van der Waals surface area (Å²) in [7, 11) is -2.24. The highest BCUT2D eigenvalue weighted by molar-refractivity contribution is 6.32. The van der Waals surface area contributed by atoms with E-state index in [1.54, 1.807) is 0 Å². The molecule has 0 unspecified atom stereocenters. The van der Waals surface area contributed by atoms with Crippen molar-refractivity contribution in [3.05, 3.63) is 103 Å². The topological polar surface area (TPSA) is 111 Å². The maximum Gasteiger partial charge on any atom is 0.0739 e. The van der Waals surface area contributed by atoms with E-state index in [9.17, 15) is 10.0 Å². The molecule has 3 rings (SSSR count). The minimum Gasteiger partial charge on any atom is -0.871 e. The Balaban J connectivity index is 0.000000837. The minimum atomic E-state index is -2.24. The number of aryl methyl sites for hydroxylation is 3. The number of benzene rings is 3. The summed E-state index contributed by atoms with van der Waals surface area (Å²) in [6.07, 6.45) is 8.13. The van der Waals surface area contributed by atoms with Crippen LogP contribution in [0.1, 0.15) is 98.6 Å². The first-order valence-electron chi connectivity index (χ1n) is 15.8. The summed E-state index contributed by atoms with van der Waals surface area (Å²) in [6, 6.07) is 18.5. The van der Waals surface area contributed by atoms with Crippen LogP contribution < -0.4 is 21.5 Å². The Morgan fingerprint density at radius 2 is 1.02 bits per heavy atom. The van der Waals surface area contributed by atoms with Gasteiger partial charge in [-0.15, -0.1) is 0 Å². The molecule has 0 amide bonds. The number of quaternary nitrogens is 2. The van der Waals surface area contributed by atoms with Crippen molar-refractivity contribution >= 4 is 42.1 Å². The van der Waals surface area contributed by atoms with Gasteiger partial charge in [-0.3, -0.25) is 0 Å². The summed E-state index contributed by atoms with van der Waals surface area (Å²) in [5.74, 6) is 0. The molecule has 6 N–H and O–H groups in total. The van der Waals surface area contributed by atoms with E-state index < -0.39 is 12.7 Å². The van der Waals surface area contributed by atoms with Crippen LogP contribution in [0.15, 0.2) is 54.6 Å². The summed E-state index contributed by atoms with van der Waals surface area (Å²) >= 11 is 19.8. The molecule has 0 heterocycles. The van der Waals surface area contributed by atoms with E-state index in [-0.39, 0.29) is 6.61 Å². The molecule has 0 radical (unpaired) electrons. The molecule has 5 nitrogen and oxygen atoms in total. The largest absolute Gasteiger partial charge is 0.871 e. The van der Waals surface area contributed by atoms with E-state index in [1.165, 1.54) is 25.7 Å². The summed E-state index contributed by atoms with van der Waals surface area (Å²) in [5.41, 5.74) is 13.0. The fraction of sp³-hybridized carbons (Fsp3) is 0.486. The van der Waals surface area contributed by atoms with Gasteiger partial charge < -0.3 is 26.2 Å². The second kappa shape index (κ2) is 22.0. The van der Waals surface area contributed by atoms with Crippen LogP contribution in [0.5, 0.6) is 0 Å². The highest BCUT2D eigenvalue weighted by atomic mass is 35.5. The van der Waals surface area contributed by atoms with Crippen molar-refractivity contribution in [3.63, 3.8) is 0 Å². The van der Waals surface area contributed by atoms with E-state index in [1.807, 2.05) is 57.2 Å².